The Hall–Kier alpha value is -1.02. The molecule has 0 aromatic heterocycles. The summed E-state index contributed by atoms with van der Waals surface area (Å²) in [5, 5.41) is 3.74. The van der Waals surface area contributed by atoms with Crippen molar-refractivity contribution < 1.29 is 4.74 Å². The first-order valence-corrected chi connectivity index (χ1v) is 8.79. The van der Waals surface area contributed by atoms with Crippen LogP contribution in [0.5, 0.6) is 5.75 Å². The van der Waals surface area contributed by atoms with Gasteiger partial charge in [0.05, 0.1) is 0 Å². The van der Waals surface area contributed by atoms with E-state index in [1.54, 1.807) is 0 Å². The van der Waals surface area contributed by atoms with Gasteiger partial charge in [-0.25, -0.2) is 0 Å². The normalized spacial score (nSPS) is 29.7. The van der Waals surface area contributed by atoms with E-state index in [1.807, 2.05) is 0 Å². The van der Waals surface area contributed by atoms with E-state index in [1.165, 1.54) is 37.7 Å². The first kappa shape index (κ1) is 14.9. The predicted octanol–water partition coefficient (Wildman–Crippen LogP) is 4.18. The van der Waals surface area contributed by atoms with Gasteiger partial charge < -0.3 is 10.1 Å². The van der Waals surface area contributed by atoms with Crippen LogP contribution in [-0.2, 0) is 6.42 Å². The van der Waals surface area contributed by atoms with Crippen LogP contribution in [-0.4, -0.2) is 18.7 Å². The highest BCUT2D eigenvalue weighted by Gasteiger charge is 2.36. The van der Waals surface area contributed by atoms with E-state index in [-0.39, 0.29) is 0 Å². The van der Waals surface area contributed by atoms with E-state index in [4.69, 9.17) is 4.74 Å². The Morgan fingerprint density at radius 1 is 1.14 bits per heavy atom. The summed E-state index contributed by atoms with van der Waals surface area (Å²) < 4.78 is 6.27. The number of fused-ring (bicyclic) bond motifs is 1. The molecule has 21 heavy (non-hydrogen) atoms. The van der Waals surface area contributed by atoms with Crippen molar-refractivity contribution in [3.63, 3.8) is 0 Å². The number of likely N-dealkylation sites (N-methyl/N-ethyl adjacent to an activating group) is 1. The van der Waals surface area contributed by atoms with Gasteiger partial charge in [0.15, 0.2) is 0 Å². The maximum atomic E-state index is 6.27. The lowest BCUT2D eigenvalue weighted by Gasteiger charge is -2.36. The molecule has 1 fully saturated rings. The van der Waals surface area contributed by atoms with Crippen LogP contribution in [0.2, 0.25) is 0 Å². The highest BCUT2D eigenvalue weighted by molar-refractivity contribution is 5.37. The number of ether oxygens (including phenoxy) is 1. The van der Waals surface area contributed by atoms with Crippen molar-refractivity contribution in [2.24, 2.45) is 11.8 Å². The molecule has 1 saturated carbocycles. The molecule has 1 aromatic carbocycles. The molecule has 1 N–H and O–H groups in total. The predicted molar refractivity (Wildman–Crippen MR) is 87.8 cm³/mol. The third kappa shape index (κ3) is 3.26. The summed E-state index contributed by atoms with van der Waals surface area (Å²) in [5.41, 5.74) is 1.38. The molecule has 0 radical (unpaired) electrons. The molecule has 0 spiro atoms. The van der Waals surface area contributed by atoms with Gasteiger partial charge >= 0.3 is 0 Å². The smallest absolute Gasteiger partial charge is 0.123 e. The molecule has 0 bridgehead atoms. The van der Waals surface area contributed by atoms with E-state index in [9.17, 15) is 0 Å². The van der Waals surface area contributed by atoms with Crippen LogP contribution in [0.1, 0.15) is 51.5 Å². The summed E-state index contributed by atoms with van der Waals surface area (Å²) in [4.78, 5) is 0. The van der Waals surface area contributed by atoms with E-state index in [0.29, 0.717) is 12.1 Å². The molecule has 2 unspecified atom stereocenters. The third-order valence-corrected chi connectivity index (χ3v) is 5.49. The van der Waals surface area contributed by atoms with Gasteiger partial charge in [0.1, 0.15) is 11.9 Å². The largest absolute Gasteiger partial charge is 0.488 e. The number of hydrogen-bond acceptors (Lipinski definition) is 2. The lowest BCUT2D eigenvalue weighted by molar-refractivity contribution is 0.111. The van der Waals surface area contributed by atoms with Crippen LogP contribution in [0.4, 0.5) is 0 Å². The van der Waals surface area contributed by atoms with Crippen molar-refractivity contribution in [2.75, 3.05) is 6.54 Å². The van der Waals surface area contributed by atoms with Crippen molar-refractivity contribution in [1.29, 1.82) is 0 Å². The number of para-hydroxylation sites is 1. The lowest BCUT2D eigenvalue weighted by Crippen LogP contribution is -2.48. The van der Waals surface area contributed by atoms with Crippen molar-refractivity contribution in [3.05, 3.63) is 29.8 Å². The minimum Gasteiger partial charge on any atom is -0.488 e. The number of benzene rings is 1. The van der Waals surface area contributed by atoms with E-state index < -0.39 is 0 Å². The zero-order valence-electron chi connectivity index (χ0n) is 13.5. The summed E-state index contributed by atoms with van der Waals surface area (Å²) in [7, 11) is 0. The zero-order chi connectivity index (χ0) is 14.7. The highest BCUT2D eigenvalue weighted by Crippen LogP contribution is 2.37. The fourth-order valence-electron chi connectivity index (χ4n) is 4.20. The van der Waals surface area contributed by atoms with Crippen molar-refractivity contribution >= 4 is 0 Å². The molecule has 1 aliphatic carbocycles. The van der Waals surface area contributed by atoms with Crippen LogP contribution < -0.4 is 10.1 Å². The first-order chi connectivity index (χ1) is 10.3. The van der Waals surface area contributed by atoms with Crippen LogP contribution in [0.15, 0.2) is 24.3 Å². The molecule has 3 rings (SSSR count). The van der Waals surface area contributed by atoms with Crippen molar-refractivity contribution in [1.82, 2.24) is 5.32 Å². The minimum absolute atomic E-state index is 0.325. The number of hydrogen-bond donors (Lipinski definition) is 1. The molecule has 2 atom stereocenters. The monoisotopic (exact) mass is 287 g/mol. The van der Waals surface area contributed by atoms with Gasteiger partial charge in [-0.05, 0) is 42.9 Å². The molecule has 116 valence electrons. The SMILES string of the molecule is CCNC(C1CCC(CC)CC1)C1Cc2ccccc2O1. The van der Waals surface area contributed by atoms with Gasteiger partial charge in [-0.2, -0.15) is 0 Å². The molecular formula is C19H29NO. The molecular weight excluding hydrogens is 258 g/mol. The van der Waals surface area contributed by atoms with Crippen molar-refractivity contribution in [3.8, 4) is 5.75 Å². The van der Waals surface area contributed by atoms with Gasteiger partial charge in [0, 0.05) is 12.5 Å². The maximum absolute atomic E-state index is 6.27. The standard InChI is InChI=1S/C19H29NO/c1-3-14-9-11-15(12-10-14)19(20-4-2)18-13-16-7-5-6-8-17(16)21-18/h5-8,14-15,18-20H,3-4,9-13H2,1-2H3. The maximum Gasteiger partial charge on any atom is 0.123 e. The average Bonchev–Trinajstić information content (AvgIpc) is 2.96. The fraction of sp³-hybridized carbons (Fsp3) is 0.684. The van der Waals surface area contributed by atoms with Crippen LogP contribution >= 0.6 is 0 Å². The van der Waals surface area contributed by atoms with Gasteiger partial charge in [-0.3, -0.25) is 0 Å². The molecule has 2 nitrogen and oxygen atoms in total. The molecule has 0 amide bonds. The molecule has 0 saturated heterocycles. The van der Waals surface area contributed by atoms with Gasteiger partial charge in [-0.15, -0.1) is 0 Å². The summed E-state index contributed by atoms with van der Waals surface area (Å²) in [6.07, 6.45) is 8.29. The van der Waals surface area contributed by atoms with Gasteiger partial charge in [0.2, 0.25) is 0 Å². The summed E-state index contributed by atoms with van der Waals surface area (Å²) in [5.74, 6) is 2.85. The topological polar surface area (TPSA) is 21.3 Å². The highest BCUT2D eigenvalue weighted by atomic mass is 16.5. The Kier molecular flexibility index (Phi) is 4.84. The summed E-state index contributed by atoms with van der Waals surface area (Å²) in [6, 6.07) is 9.05. The second kappa shape index (κ2) is 6.83. The van der Waals surface area contributed by atoms with E-state index >= 15 is 0 Å². The molecule has 1 aromatic rings. The van der Waals surface area contributed by atoms with Gasteiger partial charge in [-0.1, -0.05) is 51.3 Å². The fourth-order valence-corrected chi connectivity index (χ4v) is 4.20. The van der Waals surface area contributed by atoms with Crippen LogP contribution in [0, 0.1) is 11.8 Å². The zero-order valence-corrected chi connectivity index (χ0v) is 13.5. The molecule has 2 heteroatoms. The second-order valence-electron chi connectivity index (χ2n) is 6.74. The quantitative estimate of drug-likeness (QED) is 0.877. The summed E-state index contributed by atoms with van der Waals surface area (Å²) in [6.45, 7) is 5.59. The van der Waals surface area contributed by atoms with E-state index in [2.05, 4.69) is 43.4 Å². The minimum atomic E-state index is 0.325. The van der Waals surface area contributed by atoms with Gasteiger partial charge in [0.25, 0.3) is 0 Å². The third-order valence-electron chi connectivity index (χ3n) is 5.49. The van der Waals surface area contributed by atoms with Crippen molar-refractivity contribution in [2.45, 2.75) is 64.5 Å². The number of rotatable bonds is 5. The Morgan fingerprint density at radius 3 is 2.57 bits per heavy atom. The Labute approximate surface area is 129 Å². The lowest BCUT2D eigenvalue weighted by atomic mass is 9.76. The molecule has 1 aliphatic heterocycles. The average molecular weight is 287 g/mol. The first-order valence-electron chi connectivity index (χ1n) is 8.79. The summed E-state index contributed by atoms with van der Waals surface area (Å²) >= 11 is 0. The number of nitrogens with one attached hydrogen (secondary N) is 1. The Balaban J connectivity index is 1.66. The molecule has 1 heterocycles. The second-order valence-corrected chi connectivity index (χ2v) is 6.74. The molecule has 2 aliphatic rings. The van der Waals surface area contributed by atoms with Crippen LogP contribution in [0.25, 0.3) is 0 Å². The Morgan fingerprint density at radius 2 is 1.90 bits per heavy atom. The van der Waals surface area contributed by atoms with Crippen LogP contribution in [0.3, 0.4) is 0 Å². The Bertz CT molecular complexity index is 426. The van der Waals surface area contributed by atoms with E-state index in [0.717, 1.165) is 30.6 Å².